The Labute approximate surface area is 119 Å². The molecule has 0 aliphatic rings. The molecule has 0 aliphatic carbocycles. The number of hydrogen-bond acceptors (Lipinski definition) is 5. The van der Waals surface area contributed by atoms with Crippen molar-refractivity contribution in [1.29, 1.82) is 0 Å². The van der Waals surface area contributed by atoms with Gasteiger partial charge in [0.25, 0.3) is 0 Å². The number of sulfonamides is 1. The molecule has 2 heterocycles. The maximum atomic E-state index is 11.9. The van der Waals surface area contributed by atoms with Gasteiger partial charge in [-0.15, -0.1) is 22.7 Å². The van der Waals surface area contributed by atoms with Gasteiger partial charge in [-0.2, -0.15) is 0 Å². The number of nitrogens with zero attached hydrogens (tertiary/aromatic N) is 1. The van der Waals surface area contributed by atoms with E-state index in [-0.39, 0.29) is 4.21 Å². The van der Waals surface area contributed by atoms with E-state index >= 15 is 0 Å². The molecule has 0 amide bonds. The summed E-state index contributed by atoms with van der Waals surface area (Å²) >= 11 is 8.34. The van der Waals surface area contributed by atoms with Gasteiger partial charge >= 0.3 is 0 Å². The van der Waals surface area contributed by atoms with Crippen LogP contribution in [0.2, 0.25) is 4.34 Å². The maximum absolute atomic E-state index is 11.9. The fraction of sp³-hybridized carbons (Fsp3) is 0.300. The zero-order chi connectivity index (χ0) is 13.2. The molecule has 0 fully saturated rings. The number of rotatable bonds is 5. The van der Waals surface area contributed by atoms with Crippen LogP contribution < -0.4 is 4.72 Å². The van der Waals surface area contributed by atoms with Crippen molar-refractivity contribution in [2.24, 2.45) is 0 Å². The van der Waals surface area contributed by atoms with Gasteiger partial charge in [-0.25, -0.2) is 18.1 Å². The van der Waals surface area contributed by atoms with Crippen molar-refractivity contribution >= 4 is 44.3 Å². The first-order valence-corrected chi connectivity index (χ1v) is 8.63. The van der Waals surface area contributed by atoms with E-state index in [1.807, 2.05) is 6.92 Å². The molecule has 8 heteroatoms. The van der Waals surface area contributed by atoms with E-state index < -0.39 is 10.0 Å². The van der Waals surface area contributed by atoms with Crippen LogP contribution in [0.4, 0.5) is 0 Å². The quantitative estimate of drug-likeness (QED) is 0.920. The van der Waals surface area contributed by atoms with Crippen LogP contribution in [0.25, 0.3) is 0 Å². The summed E-state index contributed by atoms with van der Waals surface area (Å²) in [6, 6.07) is 3.08. The van der Waals surface area contributed by atoms with Crippen molar-refractivity contribution in [2.45, 2.75) is 17.6 Å². The van der Waals surface area contributed by atoms with Crippen LogP contribution in [0.15, 0.2) is 22.5 Å². The fourth-order valence-corrected chi connectivity index (χ4v) is 4.70. The van der Waals surface area contributed by atoms with Gasteiger partial charge in [-0.3, -0.25) is 0 Å². The summed E-state index contributed by atoms with van der Waals surface area (Å²) in [4.78, 5) is 5.19. The predicted molar refractivity (Wildman–Crippen MR) is 75.1 cm³/mol. The van der Waals surface area contributed by atoms with E-state index in [9.17, 15) is 8.42 Å². The Balaban J connectivity index is 1.93. The van der Waals surface area contributed by atoms with E-state index in [0.717, 1.165) is 21.2 Å². The van der Waals surface area contributed by atoms with Gasteiger partial charge in [0, 0.05) is 17.6 Å². The zero-order valence-corrected chi connectivity index (χ0v) is 12.7. The van der Waals surface area contributed by atoms with E-state index in [1.165, 1.54) is 6.07 Å². The van der Waals surface area contributed by atoms with Crippen LogP contribution >= 0.6 is 34.3 Å². The summed E-state index contributed by atoms with van der Waals surface area (Å²) in [6.45, 7) is 2.28. The van der Waals surface area contributed by atoms with E-state index in [0.29, 0.717) is 17.3 Å². The Morgan fingerprint density at radius 3 is 2.72 bits per heavy atom. The monoisotopic (exact) mass is 322 g/mol. The summed E-state index contributed by atoms with van der Waals surface area (Å²) in [5, 5.41) is 0.984. The van der Waals surface area contributed by atoms with E-state index in [2.05, 4.69) is 9.71 Å². The van der Waals surface area contributed by atoms with Crippen LogP contribution in [-0.2, 0) is 16.4 Å². The van der Waals surface area contributed by atoms with Crippen molar-refractivity contribution in [3.8, 4) is 0 Å². The molecule has 2 aromatic rings. The molecule has 1 N–H and O–H groups in total. The van der Waals surface area contributed by atoms with Crippen LogP contribution in [0, 0.1) is 6.92 Å². The molecule has 0 unspecified atom stereocenters. The number of hydrogen-bond donors (Lipinski definition) is 1. The van der Waals surface area contributed by atoms with Crippen molar-refractivity contribution in [1.82, 2.24) is 9.71 Å². The molecule has 0 spiro atoms. The van der Waals surface area contributed by atoms with Gasteiger partial charge < -0.3 is 0 Å². The standard InChI is InChI=1S/C10H11ClN2O2S3/c1-7-12-6-8(16-7)4-5-13-18(14,15)10-3-2-9(11)17-10/h2-3,6,13H,4-5H2,1H3. The van der Waals surface area contributed by atoms with Crippen molar-refractivity contribution in [3.05, 3.63) is 32.6 Å². The molecule has 0 atom stereocenters. The molecular formula is C10H11ClN2O2S3. The Hall–Kier alpha value is -0.470. The molecule has 18 heavy (non-hydrogen) atoms. The largest absolute Gasteiger partial charge is 0.250 e. The molecule has 4 nitrogen and oxygen atoms in total. The van der Waals surface area contributed by atoms with Crippen LogP contribution in [0.1, 0.15) is 9.88 Å². The Morgan fingerprint density at radius 1 is 1.39 bits per heavy atom. The lowest BCUT2D eigenvalue weighted by molar-refractivity contribution is 0.584. The average Bonchev–Trinajstić information content (AvgIpc) is 2.88. The lowest BCUT2D eigenvalue weighted by Crippen LogP contribution is -2.25. The normalized spacial score (nSPS) is 11.9. The van der Waals surface area contributed by atoms with Crippen molar-refractivity contribution in [2.75, 3.05) is 6.54 Å². The molecule has 2 rings (SSSR count). The van der Waals surface area contributed by atoms with Crippen LogP contribution in [0.3, 0.4) is 0 Å². The molecule has 0 bridgehead atoms. The Bertz CT molecular complexity index is 633. The molecular weight excluding hydrogens is 312 g/mol. The first kappa shape index (κ1) is 14.0. The number of nitrogens with one attached hydrogen (secondary N) is 1. The molecule has 0 aliphatic heterocycles. The number of thiazole rings is 1. The first-order valence-electron chi connectivity index (χ1n) is 5.14. The third kappa shape index (κ3) is 3.52. The molecule has 0 saturated heterocycles. The molecule has 0 aromatic carbocycles. The van der Waals surface area contributed by atoms with Crippen LogP contribution in [-0.4, -0.2) is 19.9 Å². The third-order valence-electron chi connectivity index (χ3n) is 2.15. The van der Waals surface area contributed by atoms with Gasteiger partial charge in [0.15, 0.2) is 0 Å². The molecule has 98 valence electrons. The fourth-order valence-electron chi connectivity index (χ4n) is 1.34. The number of aryl methyl sites for hydroxylation is 1. The minimum absolute atomic E-state index is 0.244. The van der Waals surface area contributed by atoms with Crippen LogP contribution in [0.5, 0.6) is 0 Å². The maximum Gasteiger partial charge on any atom is 0.250 e. The SMILES string of the molecule is Cc1ncc(CCNS(=O)(=O)c2ccc(Cl)s2)s1. The number of aromatic nitrogens is 1. The summed E-state index contributed by atoms with van der Waals surface area (Å²) < 4.78 is 27.0. The van der Waals surface area contributed by atoms with Crippen molar-refractivity contribution in [3.63, 3.8) is 0 Å². The van der Waals surface area contributed by atoms with Gasteiger partial charge in [0.1, 0.15) is 4.21 Å². The first-order chi connectivity index (χ1) is 8.47. The van der Waals surface area contributed by atoms with E-state index in [4.69, 9.17) is 11.6 Å². The molecule has 0 radical (unpaired) electrons. The van der Waals surface area contributed by atoms with Crippen molar-refractivity contribution < 1.29 is 8.42 Å². The average molecular weight is 323 g/mol. The molecule has 0 saturated carbocycles. The highest BCUT2D eigenvalue weighted by Gasteiger charge is 2.15. The highest BCUT2D eigenvalue weighted by atomic mass is 35.5. The smallest absolute Gasteiger partial charge is 0.250 e. The minimum atomic E-state index is -3.43. The summed E-state index contributed by atoms with van der Waals surface area (Å²) in [5.41, 5.74) is 0. The molecule has 2 aromatic heterocycles. The minimum Gasteiger partial charge on any atom is -0.250 e. The summed E-state index contributed by atoms with van der Waals surface area (Å²) in [6.07, 6.45) is 2.42. The Morgan fingerprint density at radius 2 is 2.17 bits per heavy atom. The topological polar surface area (TPSA) is 59.1 Å². The number of halogens is 1. The van der Waals surface area contributed by atoms with E-state index in [1.54, 1.807) is 23.6 Å². The lowest BCUT2D eigenvalue weighted by atomic mass is 10.4. The highest BCUT2D eigenvalue weighted by molar-refractivity contribution is 7.91. The zero-order valence-electron chi connectivity index (χ0n) is 9.51. The lowest BCUT2D eigenvalue weighted by Gasteiger charge is -2.02. The second-order valence-electron chi connectivity index (χ2n) is 3.55. The predicted octanol–water partition coefficient (Wildman–Crippen LogP) is 2.69. The Kier molecular flexibility index (Phi) is 4.39. The second-order valence-corrected chi connectivity index (χ2v) is 8.58. The van der Waals surface area contributed by atoms with Gasteiger partial charge in [0.2, 0.25) is 10.0 Å². The van der Waals surface area contributed by atoms with Gasteiger partial charge in [-0.05, 0) is 25.5 Å². The number of thiophene rings is 1. The highest BCUT2D eigenvalue weighted by Crippen LogP contribution is 2.25. The third-order valence-corrected chi connectivity index (χ3v) is 6.30. The summed E-state index contributed by atoms with van der Waals surface area (Å²) in [7, 11) is -3.43. The second kappa shape index (κ2) is 5.66. The van der Waals surface area contributed by atoms with Gasteiger partial charge in [0.05, 0.1) is 9.34 Å². The summed E-state index contributed by atoms with van der Waals surface area (Å²) in [5.74, 6) is 0. The van der Waals surface area contributed by atoms with Gasteiger partial charge in [-0.1, -0.05) is 11.6 Å².